The van der Waals surface area contributed by atoms with E-state index >= 15 is 0 Å². The number of imide groups is 1. The van der Waals surface area contributed by atoms with Gasteiger partial charge in [0.05, 0.1) is 5.69 Å². The second kappa shape index (κ2) is 8.22. The van der Waals surface area contributed by atoms with E-state index < -0.39 is 35.4 Å². The Bertz CT molecular complexity index is 984. The molecule has 4 N–H and O–H groups in total. The van der Waals surface area contributed by atoms with E-state index in [-0.39, 0.29) is 28.2 Å². The number of nitrogens with two attached hydrogens (primary N) is 1. The first-order chi connectivity index (χ1) is 14.0. The van der Waals surface area contributed by atoms with Crippen molar-refractivity contribution in [2.75, 3.05) is 10.2 Å². The van der Waals surface area contributed by atoms with Crippen LogP contribution in [-0.4, -0.2) is 34.5 Å². The Labute approximate surface area is 173 Å². The molecule has 3 rings (SSSR count). The third-order valence-electron chi connectivity index (χ3n) is 4.36. The first-order valence-corrected chi connectivity index (χ1v) is 9.39. The molecule has 1 aromatic heterocycles. The summed E-state index contributed by atoms with van der Waals surface area (Å²) in [6, 6.07) is 5.70. The molecule has 0 radical (unpaired) electrons. The van der Waals surface area contributed by atoms with E-state index in [0.29, 0.717) is 5.56 Å². The van der Waals surface area contributed by atoms with Gasteiger partial charge in [-0.2, -0.15) is 13.2 Å². The summed E-state index contributed by atoms with van der Waals surface area (Å²) in [4.78, 5) is 41.0. The van der Waals surface area contributed by atoms with E-state index in [4.69, 9.17) is 5.73 Å². The maximum atomic E-state index is 12.9. The van der Waals surface area contributed by atoms with Gasteiger partial charge in [-0.3, -0.25) is 10.1 Å². The van der Waals surface area contributed by atoms with Crippen LogP contribution in [-0.2, 0) is 4.79 Å². The average Bonchev–Trinajstić information content (AvgIpc) is 2.94. The van der Waals surface area contributed by atoms with Crippen LogP contribution in [0.4, 0.5) is 34.3 Å². The number of rotatable bonds is 5. The lowest BCUT2D eigenvalue weighted by molar-refractivity contribution is -0.118. The number of anilines is 2. The molecule has 30 heavy (non-hydrogen) atoms. The van der Waals surface area contributed by atoms with Gasteiger partial charge < -0.3 is 11.1 Å². The maximum Gasteiger partial charge on any atom is 0.446 e. The normalized spacial score (nSPS) is 17.6. The summed E-state index contributed by atoms with van der Waals surface area (Å²) in [5, 5.41) is 4.91. The number of thioether (sulfide) groups is 1. The van der Waals surface area contributed by atoms with Gasteiger partial charge in [0.1, 0.15) is 11.9 Å². The fraction of sp³-hybridized carbons (Fsp3) is 0.222. The van der Waals surface area contributed by atoms with Crippen LogP contribution in [0.15, 0.2) is 47.5 Å². The van der Waals surface area contributed by atoms with Crippen molar-refractivity contribution in [3.8, 4) is 0 Å². The maximum absolute atomic E-state index is 12.9. The lowest BCUT2D eigenvalue weighted by Gasteiger charge is -2.19. The molecular formula is C18H16F3N5O3S. The molecular weight excluding hydrogens is 423 g/mol. The Kier molecular flexibility index (Phi) is 5.87. The van der Waals surface area contributed by atoms with Crippen molar-refractivity contribution in [2.45, 2.75) is 29.3 Å². The van der Waals surface area contributed by atoms with Gasteiger partial charge in [0.2, 0.25) is 0 Å². The smallest absolute Gasteiger partial charge is 0.351 e. The number of alkyl halides is 3. The molecule has 158 valence electrons. The molecule has 2 unspecified atom stereocenters. The molecule has 1 fully saturated rings. The molecule has 1 aromatic carbocycles. The molecule has 1 saturated heterocycles. The Morgan fingerprint density at radius 2 is 1.93 bits per heavy atom. The number of hydrogen-bond acceptors (Lipinski definition) is 5. The minimum atomic E-state index is -4.43. The van der Waals surface area contributed by atoms with Gasteiger partial charge in [-0.25, -0.2) is 19.5 Å². The fourth-order valence-electron chi connectivity index (χ4n) is 3.00. The molecule has 5 amide bonds. The quantitative estimate of drug-likeness (QED) is 0.488. The number of halogens is 3. The molecule has 0 saturated carbocycles. The number of carbonyl (C=O) groups is 3. The highest BCUT2D eigenvalue weighted by Gasteiger charge is 2.42. The summed E-state index contributed by atoms with van der Waals surface area (Å²) < 4.78 is 37.4. The van der Waals surface area contributed by atoms with Crippen LogP contribution in [0.25, 0.3) is 0 Å². The number of aromatic nitrogens is 1. The van der Waals surface area contributed by atoms with Crippen LogP contribution in [0.3, 0.4) is 0 Å². The lowest BCUT2D eigenvalue weighted by atomic mass is 9.94. The van der Waals surface area contributed by atoms with Crippen molar-refractivity contribution in [3.05, 3.63) is 48.2 Å². The van der Waals surface area contributed by atoms with Crippen LogP contribution < -0.4 is 21.3 Å². The van der Waals surface area contributed by atoms with Gasteiger partial charge in [0.25, 0.3) is 5.91 Å². The summed E-state index contributed by atoms with van der Waals surface area (Å²) in [7, 11) is 0. The van der Waals surface area contributed by atoms with Crippen molar-refractivity contribution >= 4 is 41.2 Å². The third kappa shape index (κ3) is 4.82. The van der Waals surface area contributed by atoms with Crippen molar-refractivity contribution in [3.63, 3.8) is 0 Å². The summed E-state index contributed by atoms with van der Waals surface area (Å²) in [5.41, 5.74) is 1.41. The van der Waals surface area contributed by atoms with Crippen molar-refractivity contribution in [1.82, 2.24) is 10.3 Å². The summed E-state index contributed by atoms with van der Waals surface area (Å²) in [6.45, 7) is 1.71. The number of nitrogens with zero attached hydrogens (tertiary/aromatic N) is 2. The first-order valence-electron chi connectivity index (χ1n) is 8.58. The Balaban J connectivity index is 1.78. The zero-order valence-electron chi connectivity index (χ0n) is 15.4. The zero-order valence-corrected chi connectivity index (χ0v) is 16.3. The van der Waals surface area contributed by atoms with Gasteiger partial charge >= 0.3 is 17.6 Å². The molecule has 0 bridgehead atoms. The van der Waals surface area contributed by atoms with E-state index in [1.807, 2.05) is 0 Å². The van der Waals surface area contributed by atoms with Crippen molar-refractivity contribution in [2.24, 2.45) is 5.73 Å². The number of urea groups is 2. The topological polar surface area (TPSA) is 117 Å². The predicted octanol–water partition coefficient (Wildman–Crippen LogP) is 3.41. The van der Waals surface area contributed by atoms with Crippen LogP contribution >= 0.6 is 11.8 Å². The van der Waals surface area contributed by atoms with E-state index in [1.54, 1.807) is 13.0 Å². The van der Waals surface area contributed by atoms with Crippen molar-refractivity contribution < 1.29 is 27.6 Å². The molecule has 0 aliphatic carbocycles. The number of amides is 5. The molecule has 2 heterocycles. The van der Waals surface area contributed by atoms with Crippen molar-refractivity contribution in [1.29, 1.82) is 0 Å². The second-order valence-electron chi connectivity index (χ2n) is 6.39. The summed E-state index contributed by atoms with van der Waals surface area (Å²) >= 11 is -0.287. The highest BCUT2D eigenvalue weighted by molar-refractivity contribution is 8.00. The Hall–Kier alpha value is -3.28. The molecule has 0 spiro atoms. The number of pyridine rings is 1. The highest BCUT2D eigenvalue weighted by atomic mass is 32.2. The Morgan fingerprint density at radius 3 is 2.53 bits per heavy atom. The first kappa shape index (κ1) is 21.4. The third-order valence-corrected chi connectivity index (χ3v) is 5.10. The molecule has 1 aliphatic heterocycles. The van der Waals surface area contributed by atoms with E-state index in [1.165, 1.54) is 36.5 Å². The van der Waals surface area contributed by atoms with Gasteiger partial charge in [-0.15, -0.1) is 0 Å². The molecule has 2 aromatic rings. The monoisotopic (exact) mass is 439 g/mol. The van der Waals surface area contributed by atoms with Crippen LogP contribution in [0.1, 0.15) is 18.4 Å². The van der Waals surface area contributed by atoms with Crippen LogP contribution in [0.5, 0.6) is 0 Å². The van der Waals surface area contributed by atoms with Crippen LogP contribution in [0.2, 0.25) is 0 Å². The average molecular weight is 439 g/mol. The molecule has 1 aliphatic rings. The van der Waals surface area contributed by atoms with Gasteiger partial charge in [-0.1, -0.05) is 6.92 Å². The number of hydrogen-bond donors (Lipinski definition) is 3. The highest BCUT2D eigenvalue weighted by Crippen LogP contribution is 2.37. The summed E-state index contributed by atoms with van der Waals surface area (Å²) in [6.07, 6.45) is 1.42. The standard InChI is InChI=1S/C18H16F3N5O3S/c1-9(10-6-7-23-13(8-10)24-16(22)28)14-15(27)26(17(29)25-14)11-2-4-12(5-3-11)30-18(19,20)21/h2-9,14H,1H3,(H,25,29)(H3,22,23,24,28). The molecule has 2 atom stereocenters. The largest absolute Gasteiger partial charge is 0.446 e. The number of benzene rings is 1. The SMILES string of the molecule is CC(c1ccnc(NC(N)=O)c1)C1NC(=O)N(c2ccc(SC(F)(F)F)cc2)C1=O. The number of nitrogens with one attached hydrogen (secondary N) is 2. The molecule has 8 nitrogen and oxygen atoms in total. The van der Waals surface area contributed by atoms with Crippen LogP contribution in [0, 0.1) is 0 Å². The van der Waals surface area contributed by atoms with Gasteiger partial charge in [-0.05, 0) is 53.7 Å². The second-order valence-corrected chi connectivity index (χ2v) is 7.53. The minimum Gasteiger partial charge on any atom is -0.351 e. The Morgan fingerprint density at radius 1 is 1.27 bits per heavy atom. The van der Waals surface area contributed by atoms with Gasteiger partial charge in [0.15, 0.2) is 0 Å². The minimum absolute atomic E-state index is 0.0607. The summed E-state index contributed by atoms with van der Waals surface area (Å²) in [5.74, 6) is -0.842. The zero-order chi connectivity index (χ0) is 22.1. The fourth-order valence-corrected chi connectivity index (χ4v) is 3.54. The predicted molar refractivity (Wildman–Crippen MR) is 104 cm³/mol. The van der Waals surface area contributed by atoms with E-state index in [9.17, 15) is 27.6 Å². The van der Waals surface area contributed by atoms with E-state index in [2.05, 4.69) is 15.6 Å². The number of carbonyl (C=O) groups excluding carboxylic acids is 3. The molecule has 12 heteroatoms. The number of primary amides is 1. The van der Waals surface area contributed by atoms with E-state index in [0.717, 1.165) is 4.90 Å². The van der Waals surface area contributed by atoms with Gasteiger partial charge in [0, 0.05) is 17.0 Å². The lowest BCUT2D eigenvalue weighted by Crippen LogP contribution is -2.35.